The number of hydrogen-bond donors (Lipinski definition) is 2. The van der Waals surface area contributed by atoms with Crippen LogP contribution in [-0.2, 0) is 11.3 Å². The van der Waals surface area contributed by atoms with Crippen LogP contribution in [0.2, 0.25) is 0 Å². The molecular formula is C16H22N2O2S. The van der Waals surface area contributed by atoms with Crippen molar-refractivity contribution in [2.75, 3.05) is 18.6 Å². The zero-order chi connectivity index (χ0) is 15.3. The van der Waals surface area contributed by atoms with Gasteiger partial charge in [-0.1, -0.05) is 18.2 Å². The Kier molecular flexibility index (Phi) is 5.31. The van der Waals surface area contributed by atoms with E-state index in [2.05, 4.69) is 28.1 Å². The van der Waals surface area contributed by atoms with Crippen molar-refractivity contribution in [2.45, 2.75) is 25.5 Å². The lowest BCUT2D eigenvalue weighted by atomic mass is 10.1. The lowest BCUT2D eigenvalue weighted by Crippen LogP contribution is -2.42. The molecule has 1 aromatic carbocycles. The van der Waals surface area contributed by atoms with E-state index in [0.29, 0.717) is 25.3 Å². The summed E-state index contributed by atoms with van der Waals surface area (Å²) in [7, 11) is 0. The number of benzene rings is 1. The molecule has 2 aromatic rings. The number of carbonyl (C=O) groups is 1. The summed E-state index contributed by atoms with van der Waals surface area (Å²) in [5, 5.41) is 14.0. The Bertz CT molecular complexity index is 607. The van der Waals surface area contributed by atoms with Crippen LogP contribution in [0.5, 0.6) is 0 Å². The molecule has 0 radical (unpaired) electrons. The van der Waals surface area contributed by atoms with Crippen molar-refractivity contribution in [3.8, 4) is 0 Å². The quantitative estimate of drug-likeness (QED) is 0.825. The molecule has 4 nitrogen and oxygen atoms in total. The van der Waals surface area contributed by atoms with E-state index in [1.165, 1.54) is 5.39 Å². The van der Waals surface area contributed by atoms with E-state index >= 15 is 0 Å². The van der Waals surface area contributed by atoms with Crippen LogP contribution in [0.15, 0.2) is 36.5 Å². The minimum atomic E-state index is -0.852. The Morgan fingerprint density at radius 2 is 2.14 bits per heavy atom. The first-order chi connectivity index (χ1) is 10.0. The van der Waals surface area contributed by atoms with Gasteiger partial charge in [-0.25, -0.2) is 0 Å². The van der Waals surface area contributed by atoms with E-state index in [-0.39, 0.29) is 5.91 Å². The Balaban J connectivity index is 1.84. The van der Waals surface area contributed by atoms with Crippen LogP contribution in [0.25, 0.3) is 10.9 Å². The van der Waals surface area contributed by atoms with Gasteiger partial charge in [-0.3, -0.25) is 4.79 Å². The first-order valence-corrected chi connectivity index (χ1v) is 8.43. The van der Waals surface area contributed by atoms with E-state index in [9.17, 15) is 9.90 Å². The third-order valence-electron chi connectivity index (χ3n) is 3.38. The highest BCUT2D eigenvalue weighted by Gasteiger charge is 2.20. The number of carbonyl (C=O) groups excluding carboxylic acids is 1. The maximum atomic E-state index is 11.9. The van der Waals surface area contributed by atoms with E-state index in [1.54, 1.807) is 18.7 Å². The molecule has 21 heavy (non-hydrogen) atoms. The van der Waals surface area contributed by atoms with E-state index in [4.69, 9.17) is 0 Å². The fourth-order valence-corrected chi connectivity index (χ4v) is 3.02. The molecule has 1 heterocycles. The molecule has 0 aliphatic carbocycles. The fourth-order valence-electron chi connectivity index (χ4n) is 2.30. The standard InChI is InChI=1S/C16H22N2O2S/c1-16(20,12-21-2)11-17-15(19)8-10-18-9-7-13-5-3-4-6-14(13)18/h3-7,9,20H,8,10-12H2,1-2H3,(H,17,19)/t16-/m0/s1. The fraction of sp³-hybridized carbons (Fsp3) is 0.438. The smallest absolute Gasteiger partial charge is 0.221 e. The Hall–Kier alpha value is -1.46. The molecule has 0 saturated heterocycles. The average molecular weight is 306 g/mol. The summed E-state index contributed by atoms with van der Waals surface area (Å²) in [6.45, 7) is 2.67. The minimum absolute atomic E-state index is 0.0332. The van der Waals surface area contributed by atoms with Crippen LogP contribution >= 0.6 is 11.8 Å². The van der Waals surface area contributed by atoms with Crippen molar-refractivity contribution in [1.29, 1.82) is 0 Å². The second kappa shape index (κ2) is 7.00. The van der Waals surface area contributed by atoms with Crippen LogP contribution in [-0.4, -0.2) is 39.7 Å². The second-order valence-corrected chi connectivity index (χ2v) is 6.39. The first-order valence-electron chi connectivity index (χ1n) is 7.04. The predicted molar refractivity (Wildman–Crippen MR) is 88.6 cm³/mol. The van der Waals surface area contributed by atoms with Crippen molar-refractivity contribution in [2.24, 2.45) is 0 Å². The molecule has 5 heteroatoms. The number of thioether (sulfide) groups is 1. The highest BCUT2D eigenvalue weighted by Crippen LogP contribution is 2.15. The number of aryl methyl sites for hydroxylation is 1. The topological polar surface area (TPSA) is 54.3 Å². The van der Waals surface area contributed by atoms with Gasteiger partial charge in [0.05, 0.1) is 5.60 Å². The van der Waals surface area contributed by atoms with Gasteiger partial charge in [0.15, 0.2) is 0 Å². The number of aliphatic hydroxyl groups is 1. The zero-order valence-electron chi connectivity index (χ0n) is 12.5. The first kappa shape index (κ1) is 15.9. The van der Waals surface area contributed by atoms with Crippen molar-refractivity contribution >= 4 is 28.6 Å². The molecule has 2 N–H and O–H groups in total. The Morgan fingerprint density at radius 3 is 2.90 bits per heavy atom. The summed E-state index contributed by atoms with van der Waals surface area (Å²) >= 11 is 1.57. The molecule has 1 atom stereocenters. The second-order valence-electron chi connectivity index (χ2n) is 5.52. The molecule has 0 aliphatic rings. The summed E-state index contributed by atoms with van der Waals surface area (Å²) in [5.41, 5.74) is 0.287. The summed E-state index contributed by atoms with van der Waals surface area (Å²) in [5.74, 6) is 0.573. The maximum Gasteiger partial charge on any atom is 0.221 e. The average Bonchev–Trinajstić information content (AvgIpc) is 2.86. The van der Waals surface area contributed by atoms with Gasteiger partial charge in [0.25, 0.3) is 0 Å². The van der Waals surface area contributed by atoms with Gasteiger partial charge in [-0.2, -0.15) is 11.8 Å². The van der Waals surface area contributed by atoms with Gasteiger partial charge in [-0.15, -0.1) is 0 Å². The highest BCUT2D eigenvalue weighted by molar-refractivity contribution is 7.98. The van der Waals surface area contributed by atoms with Gasteiger partial charge in [0.1, 0.15) is 0 Å². The van der Waals surface area contributed by atoms with Gasteiger partial charge >= 0.3 is 0 Å². The molecule has 0 saturated carbocycles. The molecule has 1 amide bonds. The van der Waals surface area contributed by atoms with Crippen LogP contribution in [0.3, 0.4) is 0 Å². The molecule has 0 fully saturated rings. The van der Waals surface area contributed by atoms with Gasteiger partial charge in [0.2, 0.25) is 5.91 Å². The summed E-state index contributed by atoms with van der Waals surface area (Å²) in [6, 6.07) is 10.2. The third-order valence-corrected chi connectivity index (χ3v) is 4.29. The third kappa shape index (κ3) is 4.51. The van der Waals surface area contributed by atoms with Crippen molar-refractivity contribution < 1.29 is 9.90 Å². The molecular weight excluding hydrogens is 284 g/mol. The van der Waals surface area contributed by atoms with Gasteiger partial charge < -0.3 is 15.0 Å². The predicted octanol–water partition coefficient (Wildman–Crippen LogP) is 2.26. The zero-order valence-corrected chi connectivity index (χ0v) is 13.3. The normalized spacial score (nSPS) is 14.0. The summed E-state index contributed by atoms with van der Waals surface area (Å²) in [6.07, 6.45) is 4.35. The molecule has 2 rings (SSSR count). The summed E-state index contributed by atoms with van der Waals surface area (Å²) < 4.78 is 2.08. The monoisotopic (exact) mass is 306 g/mol. The number of nitrogens with zero attached hydrogens (tertiary/aromatic N) is 1. The van der Waals surface area contributed by atoms with Gasteiger partial charge in [-0.05, 0) is 30.7 Å². The van der Waals surface area contributed by atoms with E-state index < -0.39 is 5.60 Å². The molecule has 1 aromatic heterocycles. The number of amides is 1. The Labute approximate surface area is 129 Å². The van der Waals surface area contributed by atoms with E-state index in [0.717, 1.165) is 5.52 Å². The molecule has 0 unspecified atom stereocenters. The number of para-hydroxylation sites is 1. The van der Waals surface area contributed by atoms with Gasteiger partial charge in [0, 0.05) is 37.0 Å². The number of nitrogens with one attached hydrogen (secondary N) is 1. The van der Waals surface area contributed by atoms with E-state index in [1.807, 2.05) is 24.6 Å². The highest BCUT2D eigenvalue weighted by atomic mass is 32.2. The van der Waals surface area contributed by atoms with Crippen molar-refractivity contribution in [3.05, 3.63) is 36.5 Å². The molecule has 114 valence electrons. The van der Waals surface area contributed by atoms with Crippen molar-refractivity contribution in [1.82, 2.24) is 9.88 Å². The largest absolute Gasteiger partial charge is 0.387 e. The maximum absolute atomic E-state index is 11.9. The van der Waals surface area contributed by atoms with Crippen LogP contribution in [0.4, 0.5) is 0 Å². The lowest BCUT2D eigenvalue weighted by molar-refractivity contribution is -0.122. The van der Waals surface area contributed by atoms with Crippen LogP contribution in [0.1, 0.15) is 13.3 Å². The van der Waals surface area contributed by atoms with Crippen molar-refractivity contribution in [3.63, 3.8) is 0 Å². The SMILES string of the molecule is CSC[C@@](C)(O)CNC(=O)CCn1ccc2ccccc21. The molecule has 0 bridgehead atoms. The number of fused-ring (bicyclic) bond motifs is 1. The number of hydrogen-bond acceptors (Lipinski definition) is 3. The number of aromatic nitrogens is 1. The van der Waals surface area contributed by atoms with Crippen LogP contribution < -0.4 is 5.32 Å². The molecule has 0 spiro atoms. The molecule has 0 aliphatic heterocycles. The summed E-state index contributed by atoms with van der Waals surface area (Å²) in [4.78, 5) is 11.9. The lowest BCUT2D eigenvalue weighted by Gasteiger charge is -2.22. The van der Waals surface area contributed by atoms with Crippen LogP contribution in [0, 0.1) is 0 Å². The number of rotatable bonds is 7. The Morgan fingerprint density at radius 1 is 1.38 bits per heavy atom. The minimum Gasteiger partial charge on any atom is -0.387 e.